The van der Waals surface area contributed by atoms with Crippen LogP contribution in [0.4, 0.5) is 4.39 Å². The normalized spacial score (nSPS) is 15.0. The van der Waals surface area contributed by atoms with E-state index in [1.807, 2.05) is 0 Å². The summed E-state index contributed by atoms with van der Waals surface area (Å²) in [6, 6.07) is 2.35. The number of halogens is 2. The number of aromatic nitrogens is 1. The fraction of sp³-hybridized carbons (Fsp3) is 0.375. The molecule has 24 heavy (non-hydrogen) atoms. The lowest BCUT2D eigenvalue weighted by atomic mass is 10.1. The van der Waals surface area contributed by atoms with E-state index in [1.165, 1.54) is 12.3 Å². The standard InChI is InChI=1S/C16H17FN2O4.ClH/c1-8(18)7-23-14-5-13-10(4-12(14)17)15(20)11(16(21)22)6-19(13)9-2-3-9;/h4-6,8-9H,2-3,7,18H2,1H3,(H,21,22);1H/t8-;/m0./s1. The van der Waals surface area contributed by atoms with Gasteiger partial charge in [-0.2, -0.15) is 0 Å². The summed E-state index contributed by atoms with van der Waals surface area (Å²) in [5, 5.41) is 9.22. The second-order valence-corrected chi connectivity index (χ2v) is 5.90. The lowest BCUT2D eigenvalue weighted by Gasteiger charge is -2.14. The van der Waals surface area contributed by atoms with E-state index in [1.54, 1.807) is 11.5 Å². The second-order valence-electron chi connectivity index (χ2n) is 5.90. The Hall–Kier alpha value is -2.12. The molecule has 1 fully saturated rings. The molecule has 3 N–H and O–H groups in total. The monoisotopic (exact) mass is 356 g/mol. The second kappa shape index (κ2) is 6.78. The van der Waals surface area contributed by atoms with Crippen molar-refractivity contribution in [3.05, 3.63) is 39.9 Å². The summed E-state index contributed by atoms with van der Waals surface area (Å²) >= 11 is 0. The Kier molecular flexibility index (Phi) is 5.15. The molecule has 0 saturated heterocycles. The third-order valence-electron chi connectivity index (χ3n) is 3.76. The minimum atomic E-state index is -1.32. The SMILES string of the molecule is C[C@H](N)COc1cc2c(cc1F)c(=O)c(C(=O)O)cn2C1CC1.Cl. The molecule has 1 heterocycles. The molecule has 0 unspecified atom stereocenters. The van der Waals surface area contributed by atoms with Crippen LogP contribution >= 0.6 is 12.4 Å². The fourth-order valence-electron chi connectivity index (χ4n) is 2.49. The average Bonchev–Trinajstić information content (AvgIpc) is 3.30. The molecule has 130 valence electrons. The topological polar surface area (TPSA) is 94.6 Å². The van der Waals surface area contributed by atoms with Crippen molar-refractivity contribution < 1.29 is 19.0 Å². The highest BCUT2D eigenvalue weighted by Gasteiger charge is 2.27. The predicted octanol–water partition coefficient (Wildman–Crippen LogP) is 2.32. The largest absolute Gasteiger partial charge is 0.489 e. The zero-order valence-corrected chi connectivity index (χ0v) is 13.8. The van der Waals surface area contributed by atoms with Crippen LogP contribution in [0.2, 0.25) is 0 Å². The Bertz CT molecular complexity index is 846. The van der Waals surface area contributed by atoms with Crippen molar-refractivity contribution >= 4 is 29.3 Å². The maximum absolute atomic E-state index is 14.2. The Balaban J connectivity index is 0.00000208. The van der Waals surface area contributed by atoms with Crippen LogP contribution in [-0.2, 0) is 0 Å². The maximum atomic E-state index is 14.2. The molecule has 1 aromatic heterocycles. The van der Waals surface area contributed by atoms with Crippen LogP contribution in [0.1, 0.15) is 36.2 Å². The molecule has 0 bridgehead atoms. The van der Waals surface area contributed by atoms with Gasteiger partial charge in [0.15, 0.2) is 11.6 Å². The van der Waals surface area contributed by atoms with E-state index in [2.05, 4.69) is 0 Å². The van der Waals surface area contributed by atoms with Crippen molar-refractivity contribution in [1.29, 1.82) is 0 Å². The third kappa shape index (κ3) is 3.37. The van der Waals surface area contributed by atoms with E-state index in [0.29, 0.717) is 5.52 Å². The first-order valence-corrected chi connectivity index (χ1v) is 7.38. The van der Waals surface area contributed by atoms with Crippen molar-refractivity contribution in [3.63, 3.8) is 0 Å². The lowest BCUT2D eigenvalue weighted by molar-refractivity contribution is 0.0695. The van der Waals surface area contributed by atoms with Crippen LogP contribution in [0.5, 0.6) is 5.75 Å². The number of carboxylic acid groups (broad SMARTS) is 1. The molecular formula is C16H18ClFN2O4. The van der Waals surface area contributed by atoms with Crippen LogP contribution in [0, 0.1) is 5.82 Å². The Morgan fingerprint density at radius 3 is 2.71 bits per heavy atom. The molecule has 0 radical (unpaired) electrons. The highest BCUT2D eigenvalue weighted by molar-refractivity contribution is 5.93. The van der Waals surface area contributed by atoms with Crippen molar-refractivity contribution in [2.45, 2.75) is 31.8 Å². The minimum Gasteiger partial charge on any atom is -0.489 e. The summed E-state index contributed by atoms with van der Waals surface area (Å²) < 4.78 is 21.2. The van der Waals surface area contributed by atoms with E-state index < -0.39 is 17.2 Å². The lowest BCUT2D eigenvalue weighted by Crippen LogP contribution is -2.24. The number of hydrogen-bond acceptors (Lipinski definition) is 4. The van der Waals surface area contributed by atoms with Crippen molar-refractivity contribution in [2.24, 2.45) is 5.73 Å². The molecule has 1 saturated carbocycles. The molecule has 1 atom stereocenters. The predicted molar refractivity (Wildman–Crippen MR) is 89.8 cm³/mol. The van der Waals surface area contributed by atoms with E-state index in [-0.39, 0.29) is 47.8 Å². The van der Waals surface area contributed by atoms with E-state index in [4.69, 9.17) is 10.5 Å². The van der Waals surface area contributed by atoms with Gasteiger partial charge in [-0.05, 0) is 25.8 Å². The van der Waals surface area contributed by atoms with Crippen LogP contribution in [-0.4, -0.2) is 28.3 Å². The number of carboxylic acids is 1. The number of nitrogens with two attached hydrogens (primary N) is 1. The first-order chi connectivity index (χ1) is 10.9. The van der Waals surface area contributed by atoms with Crippen LogP contribution in [0.25, 0.3) is 10.9 Å². The number of fused-ring (bicyclic) bond motifs is 1. The molecular weight excluding hydrogens is 339 g/mol. The summed E-state index contributed by atoms with van der Waals surface area (Å²) in [4.78, 5) is 23.5. The summed E-state index contributed by atoms with van der Waals surface area (Å²) in [6.07, 6.45) is 3.12. The van der Waals surface area contributed by atoms with E-state index >= 15 is 0 Å². The van der Waals surface area contributed by atoms with Gasteiger partial charge in [-0.1, -0.05) is 0 Å². The molecule has 0 spiro atoms. The van der Waals surface area contributed by atoms with Crippen LogP contribution in [0.15, 0.2) is 23.1 Å². The van der Waals surface area contributed by atoms with Gasteiger partial charge in [0.25, 0.3) is 0 Å². The maximum Gasteiger partial charge on any atom is 0.341 e. The van der Waals surface area contributed by atoms with Gasteiger partial charge in [0.2, 0.25) is 5.43 Å². The number of hydrogen-bond donors (Lipinski definition) is 2. The van der Waals surface area contributed by atoms with E-state index in [9.17, 15) is 19.1 Å². The van der Waals surface area contributed by atoms with Gasteiger partial charge in [-0.3, -0.25) is 4.79 Å². The number of ether oxygens (including phenoxy) is 1. The van der Waals surface area contributed by atoms with Crippen LogP contribution < -0.4 is 15.9 Å². The van der Waals surface area contributed by atoms with Gasteiger partial charge >= 0.3 is 5.97 Å². The summed E-state index contributed by atoms with van der Waals surface area (Å²) in [6.45, 7) is 1.88. The highest BCUT2D eigenvalue weighted by atomic mass is 35.5. The number of carbonyl (C=O) groups is 1. The highest BCUT2D eigenvalue weighted by Crippen LogP contribution is 2.38. The zero-order valence-electron chi connectivity index (χ0n) is 13.0. The molecule has 1 aromatic carbocycles. The summed E-state index contributed by atoms with van der Waals surface area (Å²) in [5.74, 6) is -2.02. The zero-order chi connectivity index (χ0) is 16.7. The Morgan fingerprint density at radius 1 is 1.50 bits per heavy atom. The minimum absolute atomic E-state index is 0. The smallest absolute Gasteiger partial charge is 0.341 e. The third-order valence-corrected chi connectivity index (χ3v) is 3.76. The van der Waals surface area contributed by atoms with Crippen LogP contribution in [0.3, 0.4) is 0 Å². The fourth-order valence-corrected chi connectivity index (χ4v) is 2.49. The Morgan fingerprint density at radius 2 is 2.17 bits per heavy atom. The van der Waals surface area contributed by atoms with Gasteiger partial charge in [-0.25, -0.2) is 9.18 Å². The average molecular weight is 357 g/mol. The molecule has 0 aliphatic heterocycles. The molecule has 1 aliphatic rings. The number of pyridine rings is 1. The first-order valence-electron chi connectivity index (χ1n) is 7.38. The van der Waals surface area contributed by atoms with Crippen molar-refractivity contribution in [3.8, 4) is 5.75 Å². The molecule has 1 aliphatic carbocycles. The molecule has 0 amide bonds. The summed E-state index contributed by atoms with van der Waals surface area (Å²) in [7, 11) is 0. The first kappa shape index (κ1) is 18.2. The van der Waals surface area contributed by atoms with Gasteiger partial charge in [-0.15, -0.1) is 12.4 Å². The Labute approximate surface area is 143 Å². The van der Waals surface area contributed by atoms with Gasteiger partial charge in [0.1, 0.15) is 12.2 Å². The van der Waals surface area contributed by atoms with Gasteiger partial charge < -0.3 is 20.1 Å². The van der Waals surface area contributed by atoms with Crippen molar-refractivity contribution in [2.75, 3.05) is 6.61 Å². The quantitative estimate of drug-likeness (QED) is 0.857. The van der Waals surface area contributed by atoms with E-state index in [0.717, 1.165) is 18.9 Å². The molecule has 8 heteroatoms. The van der Waals surface area contributed by atoms with Gasteiger partial charge in [0, 0.05) is 29.7 Å². The van der Waals surface area contributed by atoms with Gasteiger partial charge in [0.05, 0.1) is 5.52 Å². The molecule has 2 aromatic rings. The molecule has 6 nitrogen and oxygen atoms in total. The number of aromatic carboxylic acids is 1. The summed E-state index contributed by atoms with van der Waals surface area (Å²) in [5.41, 5.74) is 5.03. The molecule has 3 rings (SSSR count). The number of rotatable bonds is 5. The number of benzene rings is 1. The van der Waals surface area contributed by atoms with Crippen molar-refractivity contribution in [1.82, 2.24) is 4.57 Å². The number of nitrogens with zero attached hydrogens (tertiary/aromatic N) is 1.